The fraction of sp³-hybridized carbons (Fsp3) is 0.409. The molecular weight excluding hydrogens is 384 g/mol. The molecule has 2 aromatic rings. The number of aryl methyl sites for hydroxylation is 1. The fourth-order valence-electron chi connectivity index (χ4n) is 2.75. The van der Waals surface area contributed by atoms with Crippen molar-refractivity contribution in [1.82, 2.24) is 15.4 Å². The molecule has 0 unspecified atom stereocenters. The average Bonchev–Trinajstić information content (AvgIpc) is 2.63. The van der Waals surface area contributed by atoms with Gasteiger partial charge in [-0.15, -0.1) is 0 Å². The molecule has 0 saturated carbocycles. The van der Waals surface area contributed by atoms with Gasteiger partial charge < -0.3 is 10.6 Å². The van der Waals surface area contributed by atoms with E-state index in [-0.39, 0.29) is 4.90 Å². The minimum atomic E-state index is -3.62. The predicted octanol–water partition coefficient (Wildman–Crippen LogP) is 3.33. The summed E-state index contributed by atoms with van der Waals surface area (Å²) in [7, 11) is -3.62. The van der Waals surface area contributed by atoms with Gasteiger partial charge in [0.2, 0.25) is 10.0 Å². The highest BCUT2D eigenvalue weighted by atomic mass is 32.2. The van der Waals surface area contributed by atoms with Crippen molar-refractivity contribution in [3.05, 3.63) is 65.2 Å². The third-order valence-electron chi connectivity index (χ3n) is 4.03. The molecule has 0 atom stereocenters. The van der Waals surface area contributed by atoms with E-state index in [1.807, 2.05) is 39.8 Å². The predicted molar refractivity (Wildman–Crippen MR) is 119 cm³/mol. The molecule has 0 heterocycles. The summed E-state index contributed by atoms with van der Waals surface area (Å²) in [5.74, 6) is 0.643. The number of benzene rings is 2. The number of hydrogen-bond donors (Lipinski definition) is 3. The molecule has 0 aromatic heterocycles. The van der Waals surface area contributed by atoms with Gasteiger partial charge in [-0.1, -0.05) is 48.0 Å². The molecule has 0 aliphatic carbocycles. The van der Waals surface area contributed by atoms with E-state index in [0.29, 0.717) is 31.2 Å². The van der Waals surface area contributed by atoms with Crippen LogP contribution in [0.4, 0.5) is 0 Å². The normalized spacial score (nSPS) is 12.7. The van der Waals surface area contributed by atoms with Crippen molar-refractivity contribution in [1.29, 1.82) is 0 Å². The summed E-state index contributed by atoms with van der Waals surface area (Å²) in [5, 5.41) is 6.45. The second-order valence-electron chi connectivity index (χ2n) is 8.00. The van der Waals surface area contributed by atoms with Gasteiger partial charge in [-0.05, 0) is 51.8 Å². The Morgan fingerprint density at radius 3 is 2.28 bits per heavy atom. The van der Waals surface area contributed by atoms with E-state index in [4.69, 9.17) is 0 Å². The van der Waals surface area contributed by atoms with Crippen LogP contribution in [0.1, 0.15) is 44.4 Å². The van der Waals surface area contributed by atoms with Crippen molar-refractivity contribution < 1.29 is 8.42 Å². The van der Waals surface area contributed by atoms with Gasteiger partial charge in [0.25, 0.3) is 0 Å². The minimum Gasteiger partial charge on any atom is -0.357 e. The summed E-state index contributed by atoms with van der Waals surface area (Å²) in [6, 6.07) is 15.3. The fourth-order valence-corrected chi connectivity index (χ4v) is 4.41. The van der Waals surface area contributed by atoms with Gasteiger partial charge in [0, 0.05) is 18.6 Å². The van der Waals surface area contributed by atoms with Crippen LogP contribution in [0, 0.1) is 6.92 Å². The zero-order valence-corrected chi connectivity index (χ0v) is 18.7. The standard InChI is InChI=1S/C22H32N4O2S/c1-6-23-21(24-15-18-13-11-17(2)12-14-18)25-16-19-9-7-8-10-20(19)29(27,28)26-22(3,4)5/h7-14,26H,6,15-16H2,1-5H3,(H2,23,24,25). The lowest BCUT2D eigenvalue weighted by atomic mass is 10.1. The third kappa shape index (κ3) is 7.51. The highest BCUT2D eigenvalue weighted by molar-refractivity contribution is 7.89. The molecule has 0 fully saturated rings. The number of sulfonamides is 1. The van der Waals surface area contributed by atoms with E-state index in [1.165, 1.54) is 5.56 Å². The molecule has 6 nitrogen and oxygen atoms in total. The first-order valence-corrected chi connectivity index (χ1v) is 11.3. The van der Waals surface area contributed by atoms with Gasteiger partial charge >= 0.3 is 0 Å². The molecule has 7 heteroatoms. The first-order chi connectivity index (χ1) is 13.6. The average molecular weight is 417 g/mol. The van der Waals surface area contributed by atoms with Gasteiger partial charge in [-0.2, -0.15) is 0 Å². The van der Waals surface area contributed by atoms with Crippen LogP contribution in [-0.2, 0) is 23.1 Å². The Kier molecular flexibility index (Phi) is 7.81. The lowest BCUT2D eigenvalue weighted by Gasteiger charge is -2.22. The maximum atomic E-state index is 12.8. The van der Waals surface area contributed by atoms with Gasteiger partial charge in [-0.3, -0.25) is 0 Å². The number of guanidine groups is 1. The van der Waals surface area contributed by atoms with Gasteiger partial charge in [-0.25, -0.2) is 18.1 Å². The second kappa shape index (κ2) is 9.89. The van der Waals surface area contributed by atoms with E-state index in [9.17, 15) is 8.42 Å². The van der Waals surface area contributed by atoms with E-state index in [2.05, 4.69) is 51.5 Å². The van der Waals surface area contributed by atoms with Crippen LogP contribution >= 0.6 is 0 Å². The Morgan fingerprint density at radius 2 is 1.66 bits per heavy atom. The molecule has 0 spiro atoms. The summed E-state index contributed by atoms with van der Waals surface area (Å²) in [6.07, 6.45) is 0. The molecular formula is C22H32N4O2S. The molecule has 0 amide bonds. The molecule has 0 aliphatic rings. The molecule has 0 bridgehead atoms. The van der Waals surface area contributed by atoms with E-state index < -0.39 is 15.6 Å². The molecule has 0 aliphatic heterocycles. The monoisotopic (exact) mass is 416 g/mol. The van der Waals surface area contributed by atoms with Gasteiger partial charge in [0.15, 0.2) is 5.96 Å². The summed E-state index contributed by atoms with van der Waals surface area (Å²) >= 11 is 0. The summed E-state index contributed by atoms with van der Waals surface area (Å²) < 4.78 is 28.3. The zero-order chi connectivity index (χ0) is 21.5. The summed E-state index contributed by atoms with van der Waals surface area (Å²) in [5.41, 5.74) is 2.46. The molecule has 2 aromatic carbocycles. The molecule has 158 valence electrons. The largest absolute Gasteiger partial charge is 0.357 e. The Bertz CT molecular complexity index is 930. The Labute approximate surface area is 174 Å². The van der Waals surface area contributed by atoms with Crippen molar-refractivity contribution in [2.75, 3.05) is 6.54 Å². The smallest absolute Gasteiger partial charge is 0.241 e. The van der Waals surface area contributed by atoms with E-state index >= 15 is 0 Å². The van der Waals surface area contributed by atoms with E-state index in [0.717, 1.165) is 5.56 Å². The van der Waals surface area contributed by atoms with Crippen molar-refractivity contribution >= 4 is 16.0 Å². The maximum Gasteiger partial charge on any atom is 0.241 e. The van der Waals surface area contributed by atoms with Crippen LogP contribution in [0.5, 0.6) is 0 Å². The zero-order valence-electron chi connectivity index (χ0n) is 17.9. The van der Waals surface area contributed by atoms with Gasteiger partial charge in [0.1, 0.15) is 0 Å². The molecule has 0 saturated heterocycles. The van der Waals surface area contributed by atoms with Crippen molar-refractivity contribution in [3.8, 4) is 0 Å². The number of nitrogens with one attached hydrogen (secondary N) is 3. The molecule has 0 radical (unpaired) electrons. The number of aliphatic imine (C=N–C) groups is 1. The second-order valence-corrected chi connectivity index (χ2v) is 9.65. The summed E-state index contributed by atoms with van der Waals surface area (Å²) in [4.78, 5) is 4.88. The van der Waals surface area contributed by atoms with Crippen LogP contribution < -0.4 is 15.4 Å². The van der Waals surface area contributed by atoms with Crippen molar-refractivity contribution in [2.45, 2.75) is 58.1 Å². The lowest BCUT2D eigenvalue weighted by Crippen LogP contribution is -2.41. The first-order valence-electron chi connectivity index (χ1n) is 9.80. The number of nitrogens with zero attached hydrogens (tertiary/aromatic N) is 1. The minimum absolute atomic E-state index is 0.275. The Morgan fingerprint density at radius 1 is 1.00 bits per heavy atom. The van der Waals surface area contributed by atoms with Crippen LogP contribution in [0.3, 0.4) is 0 Å². The van der Waals surface area contributed by atoms with Crippen molar-refractivity contribution in [3.63, 3.8) is 0 Å². The third-order valence-corrected chi connectivity index (χ3v) is 5.89. The van der Waals surface area contributed by atoms with Crippen LogP contribution in [-0.4, -0.2) is 26.5 Å². The first kappa shape index (κ1) is 22.9. The van der Waals surface area contributed by atoms with Crippen molar-refractivity contribution in [2.24, 2.45) is 4.99 Å². The van der Waals surface area contributed by atoms with E-state index in [1.54, 1.807) is 12.1 Å². The lowest BCUT2D eigenvalue weighted by molar-refractivity contribution is 0.491. The molecule has 3 N–H and O–H groups in total. The molecule has 2 rings (SSSR count). The number of rotatable bonds is 7. The van der Waals surface area contributed by atoms with Crippen LogP contribution in [0.2, 0.25) is 0 Å². The SMILES string of the molecule is CCNC(=NCc1ccc(C)cc1)NCc1ccccc1S(=O)(=O)NC(C)(C)C. The number of hydrogen-bond acceptors (Lipinski definition) is 3. The highest BCUT2D eigenvalue weighted by Crippen LogP contribution is 2.17. The Balaban J connectivity index is 2.15. The van der Waals surface area contributed by atoms with Gasteiger partial charge in [0.05, 0.1) is 11.4 Å². The topological polar surface area (TPSA) is 82.6 Å². The maximum absolute atomic E-state index is 12.8. The Hall–Kier alpha value is -2.38. The quantitative estimate of drug-likeness (QED) is 0.478. The van der Waals surface area contributed by atoms with Crippen LogP contribution in [0.25, 0.3) is 0 Å². The molecule has 29 heavy (non-hydrogen) atoms. The summed E-state index contributed by atoms with van der Waals surface area (Å²) in [6.45, 7) is 11.1. The van der Waals surface area contributed by atoms with Crippen LogP contribution in [0.15, 0.2) is 58.4 Å². The highest BCUT2D eigenvalue weighted by Gasteiger charge is 2.24.